The molecular weight excluding hydrogens is 400 g/mol. The monoisotopic (exact) mass is 422 g/mol. The normalized spacial score (nSPS) is 16.4. The first kappa shape index (κ1) is 20.6. The zero-order chi connectivity index (χ0) is 20.4. The quantitative estimate of drug-likeness (QED) is 0.764. The molecule has 150 valence electrons. The summed E-state index contributed by atoms with van der Waals surface area (Å²) in [4.78, 5) is 13.2. The van der Waals surface area contributed by atoms with Crippen LogP contribution < -0.4 is 15.2 Å². The third-order valence-corrected chi connectivity index (χ3v) is 6.41. The Labute approximate surface area is 170 Å². The number of carbonyl (C=O) groups is 1. The Morgan fingerprint density at radius 3 is 2.46 bits per heavy atom. The fourth-order valence-electron chi connectivity index (χ4n) is 3.82. The van der Waals surface area contributed by atoms with E-state index >= 15 is 0 Å². The Hall–Kier alpha value is -2.09. The van der Waals surface area contributed by atoms with Gasteiger partial charge in [-0.25, -0.2) is 13.6 Å². The van der Waals surface area contributed by atoms with Crippen LogP contribution in [-0.2, 0) is 20.2 Å². The smallest absolute Gasteiger partial charge is 0.241 e. The van der Waals surface area contributed by atoms with Gasteiger partial charge in [-0.1, -0.05) is 43.0 Å². The van der Waals surface area contributed by atoms with Crippen LogP contribution in [0, 0.1) is 0 Å². The van der Waals surface area contributed by atoms with Crippen molar-refractivity contribution < 1.29 is 17.9 Å². The maximum absolute atomic E-state index is 13.4. The van der Waals surface area contributed by atoms with Crippen molar-refractivity contribution in [3.63, 3.8) is 0 Å². The van der Waals surface area contributed by atoms with Gasteiger partial charge in [0.25, 0.3) is 0 Å². The number of benzene rings is 2. The number of halogens is 1. The second kappa shape index (κ2) is 8.11. The molecule has 0 bridgehead atoms. The molecule has 0 unspecified atom stereocenters. The number of anilines is 1. The molecule has 0 aliphatic heterocycles. The average molecular weight is 423 g/mol. The van der Waals surface area contributed by atoms with Crippen LogP contribution in [0.4, 0.5) is 5.69 Å². The molecular formula is C20H23ClN2O4S. The maximum atomic E-state index is 13.4. The molecule has 1 saturated carbocycles. The lowest BCUT2D eigenvalue weighted by Crippen LogP contribution is -2.42. The Bertz CT molecular complexity index is 985. The van der Waals surface area contributed by atoms with Gasteiger partial charge in [0.05, 0.1) is 12.5 Å². The molecule has 3 rings (SSSR count). The summed E-state index contributed by atoms with van der Waals surface area (Å²) in [5.74, 6) is -0.0530. The molecule has 0 saturated heterocycles. The zero-order valence-corrected chi connectivity index (χ0v) is 17.1. The van der Waals surface area contributed by atoms with E-state index in [0.717, 1.165) is 24.8 Å². The third-order valence-electron chi connectivity index (χ3n) is 5.25. The lowest BCUT2D eigenvalue weighted by molar-refractivity contribution is -0.122. The Morgan fingerprint density at radius 1 is 1.14 bits per heavy atom. The van der Waals surface area contributed by atoms with E-state index in [1.54, 1.807) is 12.1 Å². The number of nitrogens with two attached hydrogens (primary N) is 1. The predicted octanol–water partition coefficient (Wildman–Crippen LogP) is 3.84. The summed E-state index contributed by atoms with van der Waals surface area (Å²) in [5.41, 5.74) is 0.518. The average Bonchev–Trinajstić information content (AvgIpc) is 2.67. The molecule has 28 heavy (non-hydrogen) atoms. The SMILES string of the molecule is COc1ccc(NC(=O)C2(c3cccc(Cl)c3)CCCCC2)cc1S(N)(=O)=O. The number of carbonyl (C=O) groups excluding carboxylic acids is 1. The Kier molecular flexibility index (Phi) is 5.98. The summed E-state index contributed by atoms with van der Waals surface area (Å²) < 4.78 is 28.8. The second-order valence-electron chi connectivity index (χ2n) is 7.02. The van der Waals surface area contributed by atoms with E-state index in [0.29, 0.717) is 23.6 Å². The van der Waals surface area contributed by atoms with Crippen molar-refractivity contribution in [3.05, 3.63) is 53.1 Å². The predicted molar refractivity (Wildman–Crippen MR) is 109 cm³/mol. The van der Waals surface area contributed by atoms with Crippen molar-refractivity contribution in [2.24, 2.45) is 5.14 Å². The number of primary sulfonamides is 1. The van der Waals surface area contributed by atoms with Crippen LogP contribution in [0.5, 0.6) is 5.75 Å². The molecule has 0 spiro atoms. The van der Waals surface area contributed by atoms with Gasteiger partial charge in [0.1, 0.15) is 10.6 Å². The van der Waals surface area contributed by atoms with Gasteiger partial charge in [0, 0.05) is 10.7 Å². The van der Waals surface area contributed by atoms with Crippen molar-refractivity contribution in [1.29, 1.82) is 0 Å². The van der Waals surface area contributed by atoms with Crippen LogP contribution in [0.3, 0.4) is 0 Å². The molecule has 1 aliphatic rings. The number of hydrogen-bond acceptors (Lipinski definition) is 4. The highest BCUT2D eigenvalue weighted by Gasteiger charge is 2.41. The highest BCUT2D eigenvalue weighted by atomic mass is 35.5. The molecule has 0 radical (unpaired) electrons. The lowest BCUT2D eigenvalue weighted by Gasteiger charge is -2.36. The molecule has 1 amide bonds. The van der Waals surface area contributed by atoms with Crippen molar-refractivity contribution in [3.8, 4) is 5.75 Å². The van der Waals surface area contributed by atoms with Gasteiger partial charge in [-0.3, -0.25) is 4.79 Å². The molecule has 3 N–H and O–H groups in total. The first-order chi connectivity index (χ1) is 13.3. The Balaban J connectivity index is 1.97. The number of methoxy groups -OCH3 is 1. The minimum atomic E-state index is -4.00. The molecule has 0 heterocycles. The highest BCUT2D eigenvalue weighted by Crippen LogP contribution is 2.41. The molecule has 1 aliphatic carbocycles. The summed E-state index contributed by atoms with van der Waals surface area (Å²) in [6.07, 6.45) is 4.36. The van der Waals surface area contributed by atoms with Gasteiger partial charge in [-0.15, -0.1) is 0 Å². The van der Waals surface area contributed by atoms with Crippen LogP contribution in [-0.4, -0.2) is 21.4 Å². The summed E-state index contributed by atoms with van der Waals surface area (Å²) >= 11 is 6.17. The molecule has 0 atom stereocenters. The van der Waals surface area contributed by atoms with Crippen LogP contribution in [0.15, 0.2) is 47.4 Å². The number of rotatable bonds is 5. The van der Waals surface area contributed by atoms with E-state index < -0.39 is 15.4 Å². The molecule has 0 aromatic heterocycles. The fourth-order valence-corrected chi connectivity index (χ4v) is 4.73. The summed E-state index contributed by atoms with van der Waals surface area (Å²) in [6.45, 7) is 0. The summed E-state index contributed by atoms with van der Waals surface area (Å²) in [5, 5.41) is 8.73. The molecule has 2 aromatic carbocycles. The van der Waals surface area contributed by atoms with Gasteiger partial charge in [0.15, 0.2) is 0 Å². The van der Waals surface area contributed by atoms with E-state index in [1.165, 1.54) is 19.2 Å². The van der Waals surface area contributed by atoms with Gasteiger partial charge in [-0.2, -0.15) is 0 Å². The molecule has 2 aromatic rings. The second-order valence-corrected chi connectivity index (χ2v) is 8.98. The topological polar surface area (TPSA) is 98.5 Å². The number of hydrogen-bond donors (Lipinski definition) is 2. The number of amides is 1. The summed E-state index contributed by atoms with van der Waals surface area (Å²) in [7, 11) is -2.64. The van der Waals surface area contributed by atoms with Gasteiger partial charge < -0.3 is 10.1 Å². The molecule has 6 nitrogen and oxygen atoms in total. The van der Waals surface area contributed by atoms with Crippen LogP contribution in [0.25, 0.3) is 0 Å². The van der Waals surface area contributed by atoms with Crippen molar-refractivity contribution >= 4 is 33.2 Å². The van der Waals surface area contributed by atoms with Gasteiger partial charge >= 0.3 is 0 Å². The third kappa shape index (κ3) is 4.16. The number of nitrogens with one attached hydrogen (secondary N) is 1. The standard InChI is InChI=1S/C20H23ClN2O4S/c1-27-17-9-8-16(13-18(17)28(22,25)26)23-19(24)20(10-3-2-4-11-20)14-6-5-7-15(21)12-14/h5-9,12-13H,2-4,10-11H2,1H3,(H,23,24)(H2,22,25,26). The summed E-state index contributed by atoms with van der Waals surface area (Å²) in [6, 6.07) is 11.8. The number of ether oxygens (including phenoxy) is 1. The van der Waals surface area contributed by atoms with E-state index in [2.05, 4.69) is 5.32 Å². The van der Waals surface area contributed by atoms with Crippen molar-refractivity contribution in [1.82, 2.24) is 0 Å². The largest absolute Gasteiger partial charge is 0.495 e. The van der Waals surface area contributed by atoms with E-state index in [4.69, 9.17) is 21.5 Å². The van der Waals surface area contributed by atoms with Crippen molar-refractivity contribution in [2.75, 3.05) is 12.4 Å². The van der Waals surface area contributed by atoms with Crippen LogP contribution >= 0.6 is 11.6 Å². The number of sulfonamides is 1. The lowest BCUT2D eigenvalue weighted by atomic mass is 9.68. The van der Waals surface area contributed by atoms with Gasteiger partial charge in [0.2, 0.25) is 15.9 Å². The van der Waals surface area contributed by atoms with Gasteiger partial charge in [-0.05, 0) is 48.7 Å². The fraction of sp³-hybridized carbons (Fsp3) is 0.350. The van der Waals surface area contributed by atoms with Crippen LogP contribution in [0.1, 0.15) is 37.7 Å². The Morgan fingerprint density at radius 2 is 1.86 bits per heavy atom. The van der Waals surface area contributed by atoms with E-state index in [1.807, 2.05) is 18.2 Å². The maximum Gasteiger partial charge on any atom is 0.241 e. The van der Waals surface area contributed by atoms with E-state index in [9.17, 15) is 13.2 Å². The first-order valence-electron chi connectivity index (χ1n) is 9.05. The molecule has 1 fully saturated rings. The minimum absolute atomic E-state index is 0.128. The zero-order valence-electron chi connectivity index (χ0n) is 15.6. The highest BCUT2D eigenvalue weighted by molar-refractivity contribution is 7.89. The van der Waals surface area contributed by atoms with Crippen LogP contribution in [0.2, 0.25) is 5.02 Å². The molecule has 8 heteroatoms. The van der Waals surface area contributed by atoms with Crippen molar-refractivity contribution in [2.45, 2.75) is 42.4 Å². The van der Waals surface area contributed by atoms with E-state index in [-0.39, 0.29) is 16.6 Å². The first-order valence-corrected chi connectivity index (χ1v) is 11.0. The minimum Gasteiger partial charge on any atom is -0.495 e.